The standard InChI is InChI=1S/C17H19ClN2O2/c1-17(2,9-21)10-3-6-13-15(7-10)20-16(22)12-5-4-11(18)8-14(12)19-13/h3,6-8,12,21H,4-5,9H2,1-2H3,(H,20,22). The van der Waals surface area contributed by atoms with Gasteiger partial charge >= 0.3 is 0 Å². The molecule has 116 valence electrons. The van der Waals surface area contributed by atoms with E-state index in [9.17, 15) is 9.90 Å². The van der Waals surface area contributed by atoms with Gasteiger partial charge in [0, 0.05) is 10.4 Å². The van der Waals surface area contributed by atoms with E-state index in [4.69, 9.17) is 11.6 Å². The van der Waals surface area contributed by atoms with Crippen LogP contribution in [0.3, 0.4) is 0 Å². The Balaban J connectivity index is 2.07. The molecule has 1 atom stereocenters. The molecule has 4 nitrogen and oxygen atoms in total. The van der Waals surface area contributed by atoms with Gasteiger partial charge in [0.25, 0.3) is 0 Å². The highest BCUT2D eigenvalue weighted by Crippen LogP contribution is 2.36. The van der Waals surface area contributed by atoms with Crippen LogP contribution in [-0.4, -0.2) is 23.3 Å². The lowest BCUT2D eigenvalue weighted by molar-refractivity contribution is -0.118. The predicted octanol–water partition coefficient (Wildman–Crippen LogP) is 3.51. The maximum Gasteiger partial charge on any atom is 0.233 e. The second-order valence-electron chi connectivity index (χ2n) is 6.48. The van der Waals surface area contributed by atoms with Crippen molar-refractivity contribution in [2.45, 2.75) is 32.1 Å². The smallest absolute Gasteiger partial charge is 0.233 e. The third kappa shape index (κ3) is 2.69. The van der Waals surface area contributed by atoms with Gasteiger partial charge in [-0.15, -0.1) is 0 Å². The maximum atomic E-state index is 12.4. The SMILES string of the molecule is CC(C)(CO)c1ccc2c(c1)NC(=O)C1CCC(Cl)=CC1=N2. The molecule has 1 amide bonds. The summed E-state index contributed by atoms with van der Waals surface area (Å²) in [6.07, 6.45) is 3.19. The Kier molecular flexibility index (Phi) is 3.83. The summed E-state index contributed by atoms with van der Waals surface area (Å²) in [5, 5.41) is 13.2. The summed E-state index contributed by atoms with van der Waals surface area (Å²) in [6, 6.07) is 5.73. The minimum absolute atomic E-state index is 0.0369. The topological polar surface area (TPSA) is 61.7 Å². The first-order valence-corrected chi connectivity index (χ1v) is 7.79. The zero-order valence-corrected chi connectivity index (χ0v) is 13.4. The van der Waals surface area contributed by atoms with Gasteiger partial charge in [-0.25, -0.2) is 0 Å². The lowest BCUT2D eigenvalue weighted by Crippen LogP contribution is -2.29. The van der Waals surface area contributed by atoms with Crippen molar-refractivity contribution >= 4 is 34.6 Å². The van der Waals surface area contributed by atoms with Crippen LogP contribution in [0.15, 0.2) is 34.3 Å². The Morgan fingerprint density at radius 1 is 1.45 bits per heavy atom. The molecule has 1 aliphatic heterocycles. The number of hydrogen-bond donors (Lipinski definition) is 2. The summed E-state index contributed by atoms with van der Waals surface area (Å²) >= 11 is 6.09. The summed E-state index contributed by atoms with van der Waals surface area (Å²) in [5.74, 6) is -0.291. The number of aliphatic hydroxyl groups excluding tert-OH is 1. The lowest BCUT2D eigenvalue weighted by atomic mass is 9.85. The van der Waals surface area contributed by atoms with Crippen LogP contribution in [0.4, 0.5) is 11.4 Å². The molecule has 0 aromatic heterocycles. The molecule has 0 bridgehead atoms. The molecule has 1 heterocycles. The van der Waals surface area contributed by atoms with E-state index in [0.717, 1.165) is 22.0 Å². The monoisotopic (exact) mass is 318 g/mol. The van der Waals surface area contributed by atoms with Crippen LogP contribution in [0.5, 0.6) is 0 Å². The van der Waals surface area contributed by atoms with Crippen LogP contribution in [0.25, 0.3) is 0 Å². The Morgan fingerprint density at radius 3 is 2.95 bits per heavy atom. The van der Waals surface area contributed by atoms with E-state index >= 15 is 0 Å². The number of fused-ring (bicyclic) bond motifs is 2. The largest absolute Gasteiger partial charge is 0.395 e. The van der Waals surface area contributed by atoms with E-state index in [1.807, 2.05) is 32.0 Å². The fourth-order valence-electron chi connectivity index (χ4n) is 2.74. The average Bonchev–Trinajstić information content (AvgIpc) is 2.61. The molecule has 0 radical (unpaired) electrons. The number of halogens is 1. The molecule has 1 aromatic rings. The van der Waals surface area contributed by atoms with Gasteiger partial charge in [-0.1, -0.05) is 31.5 Å². The predicted molar refractivity (Wildman–Crippen MR) is 88.9 cm³/mol. The van der Waals surface area contributed by atoms with Crippen molar-refractivity contribution in [3.63, 3.8) is 0 Å². The molecule has 0 spiro atoms. The molecule has 3 rings (SSSR count). The number of aliphatic imine (C=N–C) groups is 1. The zero-order valence-electron chi connectivity index (χ0n) is 12.7. The van der Waals surface area contributed by atoms with Crippen LogP contribution in [0, 0.1) is 5.92 Å². The molecule has 22 heavy (non-hydrogen) atoms. The number of rotatable bonds is 2. The maximum absolute atomic E-state index is 12.4. The minimum atomic E-state index is -0.366. The van der Waals surface area contributed by atoms with Gasteiger partial charge in [-0.2, -0.15) is 0 Å². The third-order valence-corrected chi connectivity index (χ3v) is 4.63. The van der Waals surface area contributed by atoms with Crippen LogP contribution in [-0.2, 0) is 10.2 Å². The van der Waals surface area contributed by atoms with Gasteiger partial charge in [0.1, 0.15) is 0 Å². The number of nitrogens with zero attached hydrogens (tertiary/aromatic N) is 1. The number of benzene rings is 1. The molecular formula is C17H19ClN2O2. The number of amides is 1. The van der Waals surface area contributed by atoms with Crippen molar-refractivity contribution < 1.29 is 9.90 Å². The van der Waals surface area contributed by atoms with E-state index in [0.29, 0.717) is 18.5 Å². The van der Waals surface area contributed by atoms with Gasteiger partial charge in [0.05, 0.1) is 29.6 Å². The Labute approximate surface area is 134 Å². The highest BCUT2D eigenvalue weighted by molar-refractivity contribution is 6.33. The molecule has 1 aliphatic carbocycles. The number of carbonyl (C=O) groups is 1. The van der Waals surface area contributed by atoms with E-state index in [2.05, 4.69) is 10.3 Å². The van der Waals surface area contributed by atoms with Gasteiger partial charge in [-0.05, 0) is 36.6 Å². The Bertz CT molecular complexity index is 692. The first-order valence-electron chi connectivity index (χ1n) is 7.41. The summed E-state index contributed by atoms with van der Waals surface area (Å²) in [5.41, 5.74) is 2.74. The Hall–Kier alpha value is -1.65. The van der Waals surface area contributed by atoms with Gasteiger partial charge in [-0.3, -0.25) is 9.79 Å². The molecule has 5 heteroatoms. The molecule has 0 saturated carbocycles. The number of hydrogen-bond acceptors (Lipinski definition) is 3. The fourth-order valence-corrected chi connectivity index (χ4v) is 2.96. The van der Waals surface area contributed by atoms with Crippen molar-refractivity contribution in [1.29, 1.82) is 0 Å². The average molecular weight is 319 g/mol. The molecule has 2 N–H and O–H groups in total. The number of nitrogens with one attached hydrogen (secondary N) is 1. The summed E-state index contributed by atoms with van der Waals surface area (Å²) < 4.78 is 0. The second kappa shape index (κ2) is 5.52. The normalized spacial score (nSPS) is 21.1. The molecule has 0 fully saturated rings. The molecule has 1 unspecified atom stereocenters. The Morgan fingerprint density at radius 2 is 2.23 bits per heavy atom. The van der Waals surface area contributed by atoms with Crippen LogP contribution in [0.2, 0.25) is 0 Å². The fraction of sp³-hybridized carbons (Fsp3) is 0.412. The minimum Gasteiger partial charge on any atom is -0.395 e. The quantitative estimate of drug-likeness (QED) is 0.876. The first kappa shape index (κ1) is 15.3. The van der Waals surface area contributed by atoms with Crippen LogP contribution < -0.4 is 5.32 Å². The molecule has 1 aromatic carbocycles. The molecule has 2 aliphatic rings. The van der Waals surface area contributed by atoms with E-state index < -0.39 is 0 Å². The van der Waals surface area contributed by atoms with Crippen LogP contribution in [0.1, 0.15) is 32.3 Å². The first-order chi connectivity index (χ1) is 10.4. The van der Waals surface area contributed by atoms with Crippen molar-refractivity contribution in [2.75, 3.05) is 11.9 Å². The summed E-state index contributed by atoms with van der Waals surface area (Å²) in [4.78, 5) is 17.1. The zero-order chi connectivity index (χ0) is 15.9. The van der Waals surface area contributed by atoms with E-state index in [1.165, 1.54) is 0 Å². The van der Waals surface area contributed by atoms with Crippen LogP contribution >= 0.6 is 11.6 Å². The van der Waals surface area contributed by atoms with Crippen molar-refractivity contribution in [1.82, 2.24) is 0 Å². The van der Waals surface area contributed by atoms with Crippen molar-refractivity contribution in [3.05, 3.63) is 34.9 Å². The van der Waals surface area contributed by atoms with E-state index in [1.54, 1.807) is 6.08 Å². The van der Waals surface area contributed by atoms with Crippen molar-refractivity contribution in [3.8, 4) is 0 Å². The highest BCUT2D eigenvalue weighted by atomic mass is 35.5. The van der Waals surface area contributed by atoms with Crippen molar-refractivity contribution in [2.24, 2.45) is 10.9 Å². The lowest BCUT2D eigenvalue weighted by Gasteiger charge is -2.23. The second-order valence-corrected chi connectivity index (χ2v) is 6.97. The van der Waals surface area contributed by atoms with E-state index in [-0.39, 0.29) is 23.8 Å². The van der Waals surface area contributed by atoms with Gasteiger partial charge in [0.15, 0.2) is 0 Å². The molecule has 0 saturated heterocycles. The summed E-state index contributed by atoms with van der Waals surface area (Å²) in [6.45, 7) is 3.96. The highest BCUT2D eigenvalue weighted by Gasteiger charge is 2.30. The van der Waals surface area contributed by atoms with Gasteiger partial charge < -0.3 is 10.4 Å². The summed E-state index contributed by atoms with van der Waals surface area (Å²) in [7, 11) is 0. The number of aliphatic hydroxyl groups is 1. The third-order valence-electron chi connectivity index (χ3n) is 4.33. The van der Waals surface area contributed by atoms with Gasteiger partial charge in [0.2, 0.25) is 5.91 Å². The number of allylic oxidation sites excluding steroid dienone is 2. The number of carbonyl (C=O) groups excluding carboxylic acids is 1. The number of anilines is 1. The molecular weight excluding hydrogens is 300 g/mol.